The molecule has 1 aliphatic rings. The molecular weight excluding hydrogens is 346 g/mol. The minimum atomic E-state index is -0.0973. The molecule has 0 atom stereocenters. The van der Waals surface area contributed by atoms with E-state index in [2.05, 4.69) is 38.1 Å². The van der Waals surface area contributed by atoms with E-state index >= 15 is 0 Å². The second-order valence-electron chi connectivity index (χ2n) is 6.81. The van der Waals surface area contributed by atoms with Gasteiger partial charge in [0.05, 0.1) is 11.8 Å². The third-order valence-electron chi connectivity index (χ3n) is 4.67. The fraction of sp³-hybridized carbons (Fsp3) is 0.333. The van der Waals surface area contributed by atoms with E-state index in [9.17, 15) is 5.26 Å². The van der Waals surface area contributed by atoms with Crippen molar-refractivity contribution in [1.82, 2.24) is 20.2 Å². The van der Waals surface area contributed by atoms with Gasteiger partial charge in [-0.15, -0.1) is 0 Å². The van der Waals surface area contributed by atoms with Gasteiger partial charge in [-0.25, -0.2) is 9.97 Å². The van der Waals surface area contributed by atoms with E-state index in [0.29, 0.717) is 16.7 Å². The molecule has 2 aromatic heterocycles. The Hall–Kier alpha value is -2.63. The normalized spacial score (nSPS) is 16.6. The van der Waals surface area contributed by atoms with Crippen LogP contribution < -0.4 is 10.6 Å². The molecule has 0 unspecified atom stereocenters. The molecular formula is C18H19N7S. The first-order valence-corrected chi connectivity index (χ1v) is 9.29. The van der Waals surface area contributed by atoms with E-state index in [0.717, 1.165) is 41.7 Å². The number of anilines is 1. The first kappa shape index (κ1) is 16.8. The van der Waals surface area contributed by atoms with Crippen molar-refractivity contribution >= 4 is 28.7 Å². The highest BCUT2D eigenvalue weighted by molar-refractivity contribution is 7.99. The fourth-order valence-electron chi connectivity index (χ4n) is 2.99. The average Bonchev–Trinajstić information content (AvgIpc) is 3.04. The van der Waals surface area contributed by atoms with E-state index in [4.69, 9.17) is 5.73 Å². The van der Waals surface area contributed by atoms with Crippen molar-refractivity contribution in [3.8, 4) is 6.07 Å². The molecule has 1 saturated heterocycles. The number of aromatic nitrogens is 4. The highest BCUT2D eigenvalue weighted by atomic mass is 32.2. The topological polar surface area (TPSA) is 108 Å². The van der Waals surface area contributed by atoms with Crippen LogP contribution in [0.25, 0.3) is 11.2 Å². The number of H-pyrrole nitrogens is 1. The number of nitrogens with zero attached hydrogens (tertiary/aromatic N) is 5. The largest absolute Gasteiger partial charge is 0.355 e. The van der Waals surface area contributed by atoms with Crippen LogP contribution in [0.4, 0.5) is 5.82 Å². The fourth-order valence-corrected chi connectivity index (χ4v) is 3.91. The van der Waals surface area contributed by atoms with Crippen LogP contribution in [-0.4, -0.2) is 38.8 Å². The summed E-state index contributed by atoms with van der Waals surface area (Å²) >= 11 is 1.42. The Morgan fingerprint density at radius 3 is 2.85 bits per heavy atom. The van der Waals surface area contributed by atoms with E-state index in [1.165, 1.54) is 11.8 Å². The van der Waals surface area contributed by atoms with E-state index in [-0.39, 0.29) is 5.54 Å². The van der Waals surface area contributed by atoms with Crippen molar-refractivity contribution < 1.29 is 0 Å². The molecule has 8 heteroatoms. The maximum absolute atomic E-state index is 9.24. The average molecular weight is 365 g/mol. The maximum atomic E-state index is 9.24. The second kappa shape index (κ2) is 6.59. The van der Waals surface area contributed by atoms with Gasteiger partial charge in [-0.3, -0.25) is 5.10 Å². The van der Waals surface area contributed by atoms with Crippen LogP contribution >= 0.6 is 11.8 Å². The third kappa shape index (κ3) is 3.23. The number of rotatable bonds is 3. The van der Waals surface area contributed by atoms with Crippen molar-refractivity contribution in [2.45, 2.75) is 35.2 Å². The van der Waals surface area contributed by atoms with E-state index < -0.39 is 0 Å². The molecule has 7 nitrogen and oxygen atoms in total. The van der Waals surface area contributed by atoms with Crippen LogP contribution in [0.1, 0.15) is 25.3 Å². The lowest BCUT2D eigenvalue weighted by Gasteiger charge is -2.37. The SMILES string of the molecule is CC1(N)CCN(c2cnc3c(Sc4ccccc4C#N)n[nH]c3n2)CC1. The summed E-state index contributed by atoms with van der Waals surface area (Å²) in [6.45, 7) is 3.84. The molecule has 0 radical (unpaired) electrons. The molecule has 0 bridgehead atoms. The quantitative estimate of drug-likeness (QED) is 0.734. The molecule has 1 aliphatic heterocycles. The monoisotopic (exact) mass is 365 g/mol. The molecule has 3 heterocycles. The second-order valence-corrected chi connectivity index (χ2v) is 7.84. The van der Waals surface area contributed by atoms with Gasteiger partial charge in [-0.05, 0) is 31.9 Å². The van der Waals surface area contributed by atoms with Gasteiger partial charge in [0.25, 0.3) is 0 Å². The summed E-state index contributed by atoms with van der Waals surface area (Å²) in [5.74, 6) is 0.839. The Kier molecular flexibility index (Phi) is 4.26. The van der Waals surface area contributed by atoms with E-state index in [1.807, 2.05) is 18.2 Å². The van der Waals surface area contributed by atoms with Gasteiger partial charge < -0.3 is 10.6 Å². The lowest BCUT2D eigenvalue weighted by molar-refractivity contribution is 0.363. The van der Waals surface area contributed by atoms with E-state index in [1.54, 1.807) is 12.3 Å². The number of fused-ring (bicyclic) bond motifs is 1. The number of nitrogens with two attached hydrogens (primary N) is 1. The van der Waals surface area contributed by atoms with Gasteiger partial charge in [0.15, 0.2) is 10.7 Å². The smallest absolute Gasteiger partial charge is 0.177 e. The Morgan fingerprint density at radius 1 is 1.31 bits per heavy atom. The van der Waals surface area contributed by atoms with Crippen molar-refractivity contribution in [2.75, 3.05) is 18.0 Å². The molecule has 26 heavy (non-hydrogen) atoms. The van der Waals surface area contributed by atoms with Gasteiger partial charge >= 0.3 is 0 Å². The third-order valence-corrected chi connectivity index (χ3v) is 5.72. The van der Waals surface area contributed by atoms with Crippen molar-refractivity contribution in [3.05, 3.63) is 36.0 Å². The van der Waals surface area contributed by atoms with Crippen molar-refractivity contribution in [2.24, 2.45) is 5.73 Å². The summed E-state index contributed by atoms with van der Waals surface area (Å²) in [5.41, 5.74) is 8.10. The Morgan fingerprint density at radius 2 is 2.08 bits per heavy atom. The number of nitrogens with one attached hydrogen (secondary N) is 1. The highest BCUT2D eigenvalue weighted by Crippen LogP contribution is 2.33. The number of benzene rings is 1. The zero-order valence-corrected chi connectivity index (χ0v) is 15.3. The maximum Gasteiger partial charge on any atom is 0.177 e. The molecule has 3 N–H and O–H groups in total. The zero-order chi connectivity index (χ0) is 18.1. The van der Waals surface area contributed by atoms with Crippen LogP contribution in [0.2, 0.25) is 0 Å². The number of aromatic amines is 1. The minimum Gasteiger partial charge on any atom is -0.355 e. The first-order chi connectivity index (χ1) is 12.6. The van der Waals surface area contributed by atoms with Crippen LogP contribution in [0, 0.1) is 11.3 Å². The Balaban J connectivity index is 1.59. The number of hydrogen-bond acceptors (Lipinski definition) is 7. The summed E-state index contributed by atoms with van der Waals surface area (Å²) < 4.78 is 0. The summed E-state index contributed by atoms with van der Waals surface area (Å²) in [5, 5.41) is 17.3. The molecule has 1 fully saturated rings. The first-order valence-electron chi connectivity index (χ1n) is 8.48. The number of nitriles is 1. The summed E-state index contributed by atoms with van der Waals surface area (Å²) in [6, 6.07) is 9.66. The van der Waals surface area contributed by atoms with Gasteiger partial charge in [-0.1, -0.05) is 23.9 Å². The molecule has 0 aliphatic carbocycles. The van der Waals surface area contributed by atoms with Gasteiger partial charge in [-0.2, -0.15) is 10.4 Å². The molecule has 0 amide bonds. The summed E-state index contributed by atoms with van der Waals surface area (Å²) in [6.07, 6.45) is 3.65. The highest BCUT2D eigenvalue weighted by Gasteiger charge is 2.27. The lowest BCUT2D eigenvalue weighted by atomic mass is 9.91. The predicted molar refractivity (Wildman–Crippen MR) is 101 cm³/mol. The standard InChI is InChI=1S/C18H19N7S/c1-18(20)6-8-25(9-7-18)14-11-21-15-16(22-14)23-24-17(15)26-13-5-3-2-4-12(13)10-19/h2-5,11H,6-9,20H2,1H3,(H,22,23,24). The van der Waals surface area contributed by atoms with Gasteiger partial charge in [0.1, 0.15) is 17.4 Å². The minimum absolute atomic E-state index is 0.0973. The number of piperidine rings is 1. The Labute approximate surface area is 155 Å². The molecule has 1 aromatic carbocycles. The van der Waals surface area contributed by atoms with Crippen LogP contribution in [0.15, 0.2) is 40.4 Å². The molecule has 3 aromatic rings. The lowest BCUT2D eigenvalue weighted by Crippen LogP contribution is -2.48. The number of hydrogen-bond donors (Lipinski definition) is 2. The van der Waals surface area contributed by atoms with Gasteiger partial charge in [0.2, 0.25) is 0 Å². The molecule has 132 valence electrons. The van der Waals surface area contributed by atoms with Crippen LogP contribution in [0.3, 0.4) is 0 Å². The Bertz CT molecular complexity index is 979. The molecule has 4 rings (SSSR count). The van der Waals surface area contributed by atoms with Crippen molar-refractivity contribution in [1.29, 1.82) is 5.26 Å². The molecule has 0 saturated carbocycles. The zero-order valence-electron chi connectivity index (χ0n) is 14.4. The van der Waals surface area contributed by atoms with Crippen LogP contribution in [-0.2, 0) is 0 Å². The molecule has 0 spiro atoms. The summed E-state index contributed by atoms with van der Waals surface area (Å²) in [4.78, 5) is 12.3. The van der Waals surface area contributed by atoms with Crippen LogP contribution in [0.5, 0.6) is 0 Å². The van der Waals surface area contributed by atoms with Gasteiger partial charge in [0, 0.05) is 23.5 Å². The predicted octanol–water partition coefficient (Wildman–Crippen LogP) is 2.69. The summed E-state index contributed by atoms with van der Waals surface area (Å²) in [7, 11) is 0. The van der Waals surface area contributed by atoms with Crippen molar-refractivity contribution in [3.63, 3.8) is 0 Å².